The van der Waals surface area contributed by atoms with E-state index in [1.165, 1.54) is 141 Å². The van der Waals surface area contributed by atoms with Gasteiger partial charge in [0.25, 0.3) is 0 Å². The second-order valence-corrected chi connectivity index (χ2v) is 18.1. The minimum Gasteiger partial charge on any atom is -0.457 e. The van der Waals surface area contributed by atoms with Crippen LogP contribution in [0.5, 0.6) is 0 Å². The number of unbranched alkanes of at least 4 members (excludes halogenated alkanes) is 27. The molecule has 2 unspecified atom stereocenters. The summed E-state index contributed by atoms with van der Waals surface area (Å²) in [7, 11) is -4.29. The molecule has 8 nitrogen and oxygen atoms in total. The molecule has 60 heavy (non-hydrogen) atoms. The van der Waals surface area contributed by atoms with Gasteiger partial charge in [-0.2, -0.15) is 0 Å². The smallest absolute Gasteiger partial charge is 0.457 e. The van der Waals surface area contributed by atoms with Crippen LogP contribution < -0.4 is 5.73 Å². The summed E-state index contributed by atoms with van der Waals surface area (Å²) in [4.78, 5) is 22.5. The van der Waals surface area contributed by atoms with Crippen LogP contribution in [0.15, 0.2) is 48.6 Å². The largest absolute Gasteiger partial charge is 0.472 e. The van der Waals surface area contributed by atoms with Gasteiger partial charge in [-0.1, -0.05) is 223 Å². The van der Waals surface area contributed by atoms with E-state index in [0.29, 0.717) is 13.0 Å². The molecule has 0 aliphatic rings. The summed E-state index contributed by atoms with van der Waals surface area (Å²) in [5, 5.41) is 0. The molecule has 0 aliphatic heterocycles. The van der Waals surface area contributed by atoms with Gasteiger partial charge in [0, 0.05) is 19.6 Å². The van der Waals surface area contributed by atoms with Crippen LogP contribution in [0.3, 0.4) is 0 Å². The average molecular weight is 866 g/mol. The molecule has 0 radical (unpaired) electrons. The van der Waals surface area contributed by atoms with Gasteiger partial charge in [0.15, 0.2) is 0 Å². The molecule has 0 aromatic rings. The molecule has 0 aromatic carbocycles. The van der Waals surface area contributed by atoms with Crippen molar-refractivity contribution >= 4 is 13.8 Å². The quantitative estimate of drug-likeness (QED) is 0.0269. The Morgan fingerprint density at radius 2 is 0.933 bits per heavy atom. The van der Waals surface area contributed by atoms with Crippen LogP contribution in [0.25, 0.3) is 0 Å². The van der Waals surface area contributed by atoms with E-state index < -0.39 is 13.9 Å². The first kappa shape index (κ1) is 58.5. The number of hydrogen-bond acceptors (Lipinski definition) is 7. The van der Waals surface area contributed by atoms with Gasteiger partial charge in [0.2, 0.25) is 0 Å². The van der Waals surface area contributed by atoms with Crippen LogP contribution in [-0.4, -0.2) is 49.9 Å². The van der Waals surface area contributed by atoms with Gasteiger partial charge in [-0.15, -0.1) is 0 Å². The lowest BCUT2D eigenvalue weighted by Crippen LogP contribution is -2.28. The highest BCUT2D eigenvalue weighted by Crippen LogP contribution is 2.43. The molecule has 0 bridgehead atoms. The Labute approximate surface area is 371 Å². The summed E-state index contributed by atoms with van der Waals surface area (Å²) >= 11 is 0. The molecule has 0 fully saturated rings. The summed E-state index contributed by atoms with van der Waals surface area (Å²) in [6.45, 7) is 4.81. The minimum atomic E-state index is -4.29. The molecule has 352 valence electrons. The molecule has 0 saturated carbocycles. The van der Waals surface area contributed by atoms with Crippen molar-refractivity contribution < 1.29 is 32.8 Å². The van der Waals surface area contributed by atoms with E-state index in [0.717, 1.165) is 70.6 Å². The van der Waals surface area contributed by atoms with Gasteiger partial charge in [-0.25, -0.2) is 4.57 Å². The first-order valence-electron chi connectivity index (χ1n) is 25.1. The van der Waals surface area contributed by atoms with Crippen LogP contribution in [0.2, 0.25) is 0 Å². The lowest BCUT2D eigenvalue weighted by atomic mass is 10.0. The van der Waals surface area contributed by atoms with Crippen LogP contribution in [0.1, 0.15) is 232 Å². The lowest BCUT2D eigenvalue weighted by Gasteiger charge is -2.20. The van der Waals surface area contributed by atoms with E-state index in [4.69, 9.17) is 24.3 Å². The van der Waals surface area contributed by atoms with E-state index in [1.54, 1.807) is 0 Å². The van der Waals surface area contributed by atoms with Gasteiger partial charge in [0.05, 0.1) is 19.8 Å². The number of carbonyl (C=O) groups excluding carboxylic acids is 1. The Balaban J connectivity index is 3.93. The van der Waals surface area contributed by atoms with E-state index in [-0.39, 0.29) is 32.3 Å². The fourth-order valence-electron chi connectivity index (χ4n) is 7.11. The monoisotopic (exact) mass is 866 g/mol. The Kier molecular flexibility index (Phi) is 47.2. The molecule has 0 rings (SSSR count). The summed E-state index contributed by atoms with van der Waals surface area (Å²) in [6, 6.07) is 0. The Morgan fingerprint density at radius 1 is 0.517 bits per heavy atom. The zero-order chi connectivity index (χ0) is 43.7. The lowest BCUT2D eigenvalue weighted by molar-refractivity contribution is -0.154. The fourth-order valence-corrected chi connectivity index (χ4v) is 7.87. The van der Waals surface area contributed by atoms with Crippen molar-refractivity contribution in [2.45, 2.75) is 238 Å². The van der Waals surface area contributed by atoms with Crippen molar-refractivity contribution in [3.05, 3.63) is 48.6 Å². The minimum absolute atomic E-state index is 0.0957. The van der Waals surface area contributed by atoms with E-state index in [1.807, 2.05) is 0 Å². The molecule has 3 N–H and O–H groups in total. The number of nitrogens with two attached hydrogens (primary N) is 1. The third kappa shape index (κ3) is 47.5. The van der Waals surface area contributed by atoms with Crippen molar-refractivity contribution in [2.75, 3.05) is 33.0 Å². The SMILES string of the molecule is CC/C=C\C/C=C\C/C=C\C/C=C\CCCCCCC(=O)OC(COCCCCCCCCCCCCCCCCCCCCCCCCCC)COP(=O)(O)OCCN. The summed E-state index contributed by atoms with van der Waals surface area (Å²) in [5.74, 6) is -0.350. The number of esters is 1. The van der Waals surface area contributed by atoms with E-state index in [2.05, 4.69) is 62.5 Å². The third-order valence-electron chi connectivity index (χ3n) is 10.8. The summed E-state index contributed by atoms with van der Waals surface area (Å²) in [5.41, 5.74) is 5.38. The van der Waals surface area contributed by atoms with Crippen LogP contribution in [0, 0.1) is 0 Å². The molecule has 0 heterocycles. The maximum atomic E-state index is 12.6. The number of carbonyl (C=O) groups is 1. The van der Waals surface area contributed by atoms with Gasteiger partial charge in [0.1, 0.15) is 6.10 Å². The molecule has 0 aromatic heterocycles. The van der Waals surface area contributed by atoms with Crippen molar-refractivity contribution in [1.29, 1.82) is 0 Å². The highest BCUT2D eigenvalue weighted by Gasteiger charge is 2.25. The van der Waals surface area contributed by atoms with Crippen molar-refractivity contribution in [2.24, 2.45) is 5.73 Å². The summed E-state index contributed by atoms with van der Waals surface area (Å²) < 4.78 is 33.5. The molecular weight excluding hydrogens is 770 g/mol. The predicted octanol–water partition coefficient (Wildman–Crippen LogP) is 15.5. The Morgan fingerprint density at radius 3 is 1.40 bits per heavy atom. The average Bonchev–Trinajstić information content (AvgIpc) is 3.24. The number of hydrogen-bond donors (Lipinski definition) is 2. The zero-order valence-corrected chi connectivity index (χ0v) is 40.1. The molecule has 0 aliphatic carbocycles. The van der Waals surface area contributed by atoms with Crippen LogP contribution in [-0.2, 0) is 27.9 Å². The number of allylic oxidation sites excluding steroid dienone is 8. The molecule has 0 saturated heterocycles. The molecule has 2 atom stereocenters. The maximum absolute atomic E-state index is 12.6. The second-order valence-electron chi connectivity index (χ2n) is 16.7. The van der Waals surface area contributed by atoms with Gasteiger partial charge in [-0.3, -0.25) is 13.8 Å². The topological polar surface area (TPSA) is 117 Å². The Bertz CT molecular complexity index is 1060. The van der Waals surface area contributed by atoms with Crippen LogP contribution >= 0.6 is 7.82 Å². The van der Waals surface area contributed by atoms with Gasteiger partial charge >= 0.3 is 13.8 Å². The summed E-state index contributed by atoms with van der Waals surface area (Å²) in [6.07, 6.45) is 58.7. The molecule has 9 heteroatoms. The van der Waals surface area contributed by atoms with E-state index >= 15 is 0 Å². The fraction of sp³-hybridized carbons (Fsp3) is 0.824. The maximum Gasteiger partial charge on any atom is 0.472 e. The zero-order valence-electron chi connectivity index (χ0n) is 39.2. The molecular formula is C51H96NO7P. The third-order valence-corrected chi connectivity index (χ3v) is 11.7. The highest BCUT2D eigenvalue weighted by atomic mass is 31.2. The van der Waals surface area contributed by atoms with E-state index in [9.17, 15) is 14.3 Å². The van der Waals surface area contributed by atoms with Gasteiger partial charge < -0.3 is 20.1 Å². The van der Waals surface area contributed by atoms with Crippen LogP contribution in [0.4, 0.5) is 0 Å². The number of phosphoric acid groups is 1. The van der Waals surface area contributed by atoms with Crippen molar-refractivity contribution in [3.63, 3.8) is 0 Å². The first-order valence-corrected chi connectivity index (χ1v) is 26.6. The number of rotatable bonds is 48. The molecule has 0 amide bonds. The molecule has 0 spiro atoms. The Hall–Kier alpha value is -1.54. The second kappa shape index (κ2) is 48.5. The highest BCUT2D eigenvalue weighted by molar-refractivity contribution is 7.47. The van der Waals surface area contributed by atoms with Gasteiger partial charge in [-0.05, 0) is 51.4 Å². The van der Waals surface area contributed by atoms with Crippen molar-refractivity contribution in [3.8, 4) is 0 Å². The standard InChI is InChI=1S/C51H96NO7P/c1-3-5-7-9-11-13-15-17-19-21-22-23-24-25-26-27-29-31-33-35-37-39-41-43-46-56-48-50(49-58-60(54,55)57-47-45-52)59-51(53)44-42-40-38-36-34-32-30-28-20-18-16-14-12-10-8-6-4-2/h6,8,12,14,18,20,30,32,50H,3-5,7,9-11,13,15-17,19,21-29,31,33-49,52H2,1-2H3,(H,54,55)/b8-6-,14-12-,20-18-,32-30-. The number of ether oxygens (including phenoxy) is 2. The van der Waals surface area contributed by atoms with Crippen molar-refractivity contribution in [1.82, 2.24) is 0 Å². The number of phosphoric ester groups is 1. The normalized spacial score (nSPS) is 13.7. The predicted molar refractivity (Wildman–Crippen MR) is 256 cm³/mol. The first-order chi connectivity index (χ1) is 29.4.